The standard InChI is InChI=1S/C17H15Cl2N3O3/c1-10(21-22-17(25)11-2-5-13(23)6-3-11)8-16(24)20-12-4-7-14(18)15(19)9-12/h2-7,9,23H,8H2,1H3,(H,20,24)(H,22,25)/b21-10-. The molecule has 6 nitrogen and oxygen atoms in total. The highest BCUT2D eigenvalue weighted by Crippen LogP contribution is 2.25. The van der Waals surface area contributed by atoms with Crippen LogP contribution in [0.25, 0.3) is 0 Å². The van der Waals surface area contributed by atoms with Gasteiger partial charge in [0.05, 0.1) is 16.5 Å². The quantitative estimate of drug-likeness (QED) is 0.544. The highest BCUT2D eigenvalue weighted by Gasteiger charge is 2.08. The number of hydrogen-bond donors (Lipinski definition) is 3. The van der Waals surface area contributed by atoms with Crippen molar-refractivity contribution in [3.05, 3.63) is 58.1 Å². The highest BCUT2D eigenvalue weighted by molar-refractivity contribution is 6.42. The van der Waals surface area contributed by atoms with Gasteiger partial charge in [-0.05, 0) is 49.4 Å². The Morgan fingerprint density at radius 2 is 1.76 bits per heavy atom. The first-order valence-corrected chi connectivity index (χ1v) is 7.98. The van der Waals surface area contributed by atoms with Crippen molar-refractivity contribution in [2.75, 3.05) is 5.32 Å². The van der Waals surface area contributed by atoms with Crippen LogP contribution in [0.5, 0.6) is 5.75 Å². The molecular formula is C17H15Cl2N3O3. The Bertz CT molecular complexity index is 820. The van der Waals surface area contributed by atoms with Crippen LogP contribution in [0.3, 0.4) is 0 Å². The molecule has 0 aliphatic rings. The van der Waals surface area contributed by atoms with Gasteiger partial charge >= 0.3 is 0 Å². The fourth-order valence-electron chi connectivity index (χ4n) is 1.87. The number of benzene rings is 2. The van der Waals surface area contributed by atoms with E-state index < -0.39 is 5.91 Å². The molecule has 0 saturated carbocycles. The summed E-state index contributed by atoms with van der Waals surface area (Å²) in [5.41, 5.74) is 3.63. The molecule has 0 radical (unpaired) electrons. The molecule has 3 N–H and O–H groups in total. The van der Waals surface area contributed by atoms with Crippen molar-refractivity contribution in [2.45, 2.75) is 13.3 Å². The van der Waals surface area contributed by atoms with E-state index >= 15 is 0 Å². The number of aromatic hydroxyl groups is 1. The van der Waals surface area contributed by atoms with Crippen molar-refractivity contribution >= 4 is 46.4 Å². The van der Waals surface area contributed by atoms with Gasteiger partial charge in [-0.1, -0.05) is 23.2 Å². The van der Waals surface area contributed by atoms with Gasteiger partial charge in [0.25, 0.3) is 5.91 Å². The van der Waals surface area contributed by atoms with Crippen LogP contribution in [0, 0.1) is 0 Å². The predicted octanol–water partition coefficient (Wildman–Crippen LogP) is 3.83. The van der Waals surface area contributed by atoms with Crippen LogP contribution in [-0.4, -0.2) is 22.6 Å². The van der Waals surface area contributed by atoms with Crippen LogP contribution in [-0.2, 0) is 4.79 Å². The minimum absolute atomic E-state index is 0.00387. The van der Waals surface area contributed by atoms with Crippen molar-refractivity contribution in [1.29, 1.82) is 0 Å². The van der Waals surface area contributed by atoms with Crippen LogP contribution in [0.4, 0.5) is 5.69 Å². The molecule has 2 aromatic carbocycles. The van der Waals surface area contributed by atoms with Crippen LogP contribution < -0.4 is 10.7 Å². The van der Waals surface area contributed by atoms with Gasteiger partial charge in [0, 0.05) is 17.0 Å². The van der Waals surface area contributed by atoms with Crippen LogP contribution >= 0.6 is 23.2 Å². The van der Waals surface area contributed by atoms with Crippen LogP contribution in [0.1, 0.15) is 23.7 Å². The molecule has 0 bridgehead atoms. The second-order valence-electron chi connectivity index (χ2n) is 5.19. The van der Waals surface area contributed by atoms with Crippen LogP contribution in [0.2, 0.25) is 10.0 Å². The zero-order chi connectivity index (χ0) is 18.4. The second kappa shape index (κ2) is 8.50. The number of amides is 2. The molecule has 2 rings (SSSR count). The van der Waals surface area contributed by atoms with Gasteiger partial charge in [-0.15, -0.1) is 0 Å². The first-order chi connectivity index (χ1) is 11.8. The lowest BCUT2D eigenvalue weighted by Crippen LogP contribution is -2.21. The lowest BCUT2D eigenvalue weighted by atomic mass is 10.2. The maximum absolute atomic E-state index is 12.0. The molecule has 0 aliphatic carbocycles. The Hall–Kier alpha value is -2.57. The van der Waals surface area contributed by atoms with Crippen molar-refractivity contribution in [2.24, 2.45) is 5.10 Å². The molecule has 0 atom stereocenters. The summed E-state index contributed by atoms with van der Waals surface area (Å²) in [6.07, 6.45) is -0.00387. The molecule has 0 saturated heterocycles. The predicted molar refractivity (Wildman–Crippen MR) is 98.4 cm³/mol. The van der Waals surface area contributed by atoms with E-state index in [-0.39, 0.29) is 18.1 Å². The van der Waals surface area contributed by atoms with Gasteiger partial charge in [0.15, 0.2) is 0 Å². The first-order valence-electron chi connectivity index (χ1n) is 7.22. The minimum atomic E-state index is -0.441. The number of nitrogens with one attached hydrogen (secondary N) is 2. The van der Waals surface area contributed by atoms with E-state index in [1.807, 2.05) is 0 Å². The summed E-state index contributed by atoms with van der Waals surface area (Å²) < 4.78 is 0. The van der Waals surface area contributed by atoms with E-state index in [2.05, 4.69) is 15.8 Å². The van der Waals surface area contributed by atoms with E-state index in [9.17, 15) is 14.7 Å². The fourth-order valence-corrected chi connectivity index (χ4v) is 2.17. The lowest BCUT2D eigenvalue weighted by molar-refractivity contribution is -0.115. The Balaban J connectivity index is 1.89. The number of rotatable bonds is 5. The molecule has 0 heterocycles. The maximum Gasteiger partial charge on any atom is 0.271 e. The lowest BCUT2D eigenvalue weighted by Gasteiger charge is -2.06. The minimum Gasteiger partial charge on any atom is -0.508 e. The number of halogens is 2. The smallest absolute Gasteiger partial charge is 0.271 e. The van der Waals surface area contributed by atoms with Crippen molar-refractivity contribution in [1.82, 2.24) is 5.43 Å². The molecule has 0 unspecified atom stereocenters. The zero-order valence-electron chi connectivity index (χ0n) is 13.2. The van der Waals surface area contributed by atoms with Crippen molar-refractivity contribution in [3.63, 3.8) is 0 Å². The third kappa shape index (κ3) is 5.77. The number of phenols is 1. The van der Waals surface area contributed by atoms with Gasteiger partial charge in [-0.25, -0.2) is 5.43 Å². The summed E-state index contributed by atoms with van der Waals surface area (Å²) in [4.78, 5) is 23.8. The Labute approximate surface area is 154 Å². The monoisotopic (exact) mass is 379 g/mol. The number of carbonyl (C=O) groups excluding carboxylic acids is 2. The molecule has 130 valence electrons. The van der Waals surface area contributed by atoms with E-state index in [4.69, 9.17) is 23.2 Å². The molecule has 0 aliphatic heterocycles. The summed E-state index contributed by atoms with van der Waals surface area (Å²) in [6, 6.07) is 10.5. The number of carbonyl (C=O) groups is 2. The highest BCUT2D eigenvalue weighted by atomic mass is 35.5. The third-order valence-electron chi connectivity index (χ3n) is 3.10. The summed E-state index contributed by atoms with van der Waals surface area (Å²) in [7, 11) is 0. The molecule has 8 heteroatoms. The first kappa shape index (κ1) is 18.8. The van der Waals surface area contributed by atoms with E-state index in [1.54, 1.807) is 25.1 Å². The molecule has 2 amide bonds. The topological polar surface area (TPSA) is 90.8 Å². The normalized spacial score (nSPS) is 11.1. The molecular weight excluding hydrogens is 365 g/mol. The Morgan fingerprint density at radius 1 is 1.08 bits per heavy atom. The third-order valence-corrected chi connectivity index (χ3v) is 3.84. The Kier molecular flexibility index (Phi) is 6.38. The Morgan fingerprint density at radius 3 is 2.40 bits per heavy atom. The van der Waals surface area contributed by atoms with Crippen LogP contribution in [0.15, 0.2) is 47.6 Å². The fraction of sp³-hybridized carbons (Fsp3) is 0.118. The van der Waals surface area contributed by atoms with Gasteiger partial charge < -0.3 is 10.4 Å². The van der Waals surface area contributed by atoms with Gasteiger partial charge in [0.2, 0.25) is 5.91 Å². The average Bonchev–Trinajstić information content (AvgIpc) is 2.56. The number of nitrogens with zero attached hydrogens (tertiary/aromatic N) is 1. The van der Waals surface area contributed by atoms with Crippen molar-refractivity contribution in [3.8, 4) is 5.75 Å². The molecule has 0 spiro atoms. The number of phenolic OH excluding ortho intramolecular Hbond substituents is 1. The summed E-state index contributed by atoms with van der Waals surface area (Å²) in [5, 5.41) is 16.5. The number of hydrogen-bond acceptors (Lipinski definition) is 4. The summed E-state index contributed by atoms with van der Waals surface area (Å²) in [6.45, 7) is 1.62. The molecule has 2 aromatic rings. The number of anilines is 1. The SMILES string of the molecule is C/C(CC(=O)Nc1ccc(Cl)c(Cl)c1)=N/NC(=O)c1ccc(O)cc1. The van der Waals surface area contributed by atoms with Gasteiger partial charge in [-0.2, -0.15) is 5.10 Å². The molecule has 0 fully saturated rings. The van der Waals surface area contributed by atoms with E-state index in [1.165, 1.54) is 24.3 Å². The summed E-state index contributed by atoms with van der Waals surface area (Å²) >= 11 is 11.7. The maximum atomic E-state index is 12.0. The average molecular weight is 380 g/mol. The van der Waals surface area contributed by atoms with E-state index in [0.29, 0.717) is 27.0 Å². The number of hydrazone groups is 1. The largest absolute Gasteiger partial charge is 0.508 e. The van der Waals surface area contributed by atoms with Crippen molar-refractivity contribution < 1.29 is 14.7 Å². The van der Waals surface area contributed by atoms with E-state index in [0.717, 1.165) is 0 Å². The molecule has 25 heavy (non-hydrogen) atoms. The van der Waals surface area contributed by atoms with Gasteiger partial charge in [0.1, 0.15) is 5.75 Å². The summed E-state index contributed by atoms with van der Waals surface area (Å²) in [5.74, 6) is -0.682. The zero-order valence-corrected chi connectivity index (χ0v) is 14.7. The molecule has 0 aromatic heterocycles. The van der Waals surface area contributed by atoms with Gasteiger partial charge in [-0.3, -0.25) is 9.59 Å². The second-order valence-corrected chi connectivity index (χ2v) is 6.00.